The minimum atomic E-state index is -3.82. The number of carbonyl (C=O) groups is 1. The molecule has 0 N–H and O–H groups in total. The van der Waals surface area contributed by atoms with E-state index in [1.807, 2.05) is 0 Å². The van der Waals surface area contributed by atoms with E-state index in [1.54, 1.807) is 0 Å². The predicted molar refractivity (Wildman–Crippen MR) is 116 cm³/mol. The number of nitro benzene ring substituents is 1. The fraction of sp³-hybridized carbons (Fsp3) is 0.682. The predicted octanol–water partition coefficient (Wildman–Crippen LogP) is 3.42. The zero-order valence-electron chi connectivity index (χ0n) is 18.4. The molecule has 1 aliphatic carbocycles. The molecule has 1 aromatic carbocycles. The van der Waals surface area contributed by atoms with Crippen molar-refractivity contribution in [3.8, 4) is 0 Å². The number of likely N-dealkylation sites (tertiary alicyclic amines) is 1. The van der Waals surface area contributed by atoms with Crippen molar-refractivity contribution in [2.24, 2.45) is 16.7 Å². The van der Waals surface area contributed by atoms with E-state index < -0.39 is 14.9 Å². The molecular formula is C22H31N3O5S. The Balaban J connectivity index is 1.43. The summed E-state index contributed by atoms with van der Waals surface area (Å²) in [5.74, 6) is 0.00134. The van der Waals surface area contributed by atoms with Crippen molar-refractivity contribution in [2.45, 2.75) is 63.8 Å². The van der Waals surface area contributed by atoms with Crippen molar-refractivity contribution in [2.75, 3.05) is 19.6 Å². The van der Waals surface area contributed by atoms with Crippen LogP contribution in [0.25, 0.3) is 0 Å². The van der Waals surface area contributed by atoms with Crippen LogP contribution in [0.4, 0.5) is 5.69 Å². The van der Waals surface area contributed by atoms with Crippen LogP contribution in [0.5, 0.6) is 0 Å². The van der Waals surface area contributed by atoms with Crippen LogP contribution >= 0.6 is 0 Å². The van der Waals surface area contributed by atoms with Gasteiger partial charge in [0.1, 0.15) is 0 Å². The molecule has 1 amide bonds. The standard InChI is InChI=1S/C22H31N3O5S/c1-21(2)12-18-13-22(3,14-21)15-24(18)20(26)16-7-9-23(10-8-16)31(29,30)19-6-4-5-17(11-19)25(27)28/h4-6,11,16,18H,7-10,12-15H2,1-3H3/t18-,22+/m0/s1. The summed E-state index contributed by atoms with van der Waals surface area (Å²) in [5.41, 5.74) is 0.166. The van der Waals surface area contributed by atoms with Crippen molar-refractivity contribution >= 4 is 21.6 Å². The van der Waals surface area contributed by atoms with E-state index in [0.717, 1.165) is 31.9 Å². The first-order valence-corrected chi connectivity index (χ1v) is 12.4. The van der Waals surface area contributed by atoms with Crippen LogP contribution in [0.15, 0.2) is 29.2 Å². The monoisotopic (exact) mass is 449 g/mol. The first-order chi connectivity index (χ1) is 14.4. The smallest absolute Gasteiger partial charge is 0.270 e. The zero-order valence-corrected chi connectivity index (χ0v) is 19.2. The summed E-state index contributed by atoms with van der Waals surface area (Å²) in [4.78, 5) is 25.7. The molecule has 8 nitrogen and oxygen atoms in total. The molecule has 3 fully saturated rings. The first-order valence-electron chi connectivity index (χ1n) is 11.0. The highest BCUT2D eigenvalue weighted by Crippen LogP contribution is 2.52. The van der Waals surface area contributed by atoms with Gasteiger partial charge in [-0.2, -0.15) is 4.31 Å². The van der Waals surface area contributed by atoms with E-state index in [9.17, 15) is 23.3 Å². The number of hydrogen-bond acceptors (Lipinski definition) is 5. The summed E-state index contributed by atoms with van der Waals surface area (Å²) in [6.07, 6.45) is 4.17. The minimum Gasteiger partial charge on any atom is -0.339 e. The molecule has 1 saturated carbocycles. The molecule has 2 bridgehead atoms. The van der Waals surface area contributed by atoms with Crippen molar-refractivity contribution < 1.29 is 18.1 Å². The average Bonchev–Trinajstić information content (AvgIpc) is 2.96. The average molecular weight is 450 g/mol. The van der Waals surface area contributed by atoms with Gasteiger partial charge in [-0.25, -0.2) is 8.42 Å². The van der Waals surface area contributed by atoms with Gasteiger partial charge < -0.3 is 4.90 Å². The summed E-state index contributed by atoms with van der Waals surface area (Å²) in [6, 6.07) is 5.42. The summed E-state index contributed by atoms with van der Waals surface area (Å²) >= 11 is 0. The van der Waals surface area contributed by atoms with Gasteiger partial charge in [-0.3, -0.25) is 14.9 Å². The van der Waals surface area contributed by atoms with Gasteiger partial charge in [0.05, 0.1) is 9.82 Å². The third kappa shape index (κ3) is 4.22. The highest BCUT2D eigenvalue weighted by Gasteiger charge is 2.51. The number of carbonyl (C=O) groups excluding carboxylic acids is 1. The second-order valence-electron chi connectivity index (χ2n) is 10.6. The number of rotatable bonds is 4. The molecule has 2 atom stereocenters. The maximum atomic E-state index is 13.3. The van der Waals surface area contributed by atoms with Crippen LogP contribution in [0.2, 0.25) is 0 Å². The molecule has 2 heterocycles. The topological polar surface area (TPSA) is 101 Å². The molecule has 2 aliphatic heterocycles. The van der Waals surface area contributed by atoms with Crippen LogP contribution < -0.4 is 0 Å². The Bertz CT molecular complexity index is 1000. The van der Waals surface area contributed by atoms with E-state index in [-0.39, 0.29) is 52.4 Å². The van der Waals surface area contributed by atoms with E-state index in [2.05, 4.69) is 25.7 Å². The third-order valence-corrected chi connectivity index (χ3v) is 9.06. The molecular weight excluding hydrogens is 418 g/mol. The fourth-order valence-corrected chi connectivity index (χ4v) is 7.71. The van der Waals surface area contributed by atoms with Gasteiger partial charge in [-0.1, -0.05) is 26.8 Å². The maximum absolute atomic E-state index is 13.3. The van der Waals surface area contributed by atoms with Crippen molar-refractivity contribution in [1.29, 1.82) is 0 Å². The van der Waals surface area contributed by atoms with Gasteiger partial charge in [0.15, 0.2) is 0 Å². The van der Waals surface area contributed by atoms with E-state index in [4.69, 9.17) is 0 Å². The Morgan fingerprint density at radius 1 is 1.16 bits per heavy atom. The third-order valence-electron chi connectivity index (χ3n) is 7.17. The SMILES string of the molecule is CC1(C)C[C@H]2C[C@@](C)(CN2C(=O)C2CCN(S(=O)(=O)c3cccc([N+](=O)[O-])c3)CC2)C1. The number of nitrogens with zero attached hydrogens (tertiary/aromatic N) is 3. The van der Waals surface area contributed by atoms with Gasteiger partial charge in [0.2, 0.25) is 15.9 Å². The number of amides is 1. The lowest BCUT2D eigenvalue weighted by Gasteiger charge is -2.40. The van der Waals surface area contributed by atoms with Gasteiger partial charge in [0, 0.05) is 43.7 Å². The summed E-state index contributed by atoms with van der Waals surface area (Å²) in [6.45, 7) is 8.14. The molecule has 9 heteroatoms. The van der Waals surface area contributed by atoms with Crippen LogP contribution in [0.3, 0.4) is 0 Å². The van der Waals surface area contributed by atoms with Gasteiger partial charge in [-0.15, -0.1) is 0 Å². The molecule has 0 radical (unpaired) electrons. The molecule has 2 saturated heterocycles. The van der Waals surface area contributed by atoms with Crippen molar-refractivity contribution in [3.63, 3.8) is 0 Å². The Kier molecular flexibility index (Phi) is 5.41. The van der Waals surface area contributed by atoms with Crippen LogP contribution in [-0.2, 0) is 14.8 Å². The number of non-ortho nitro benzene ring substituents is 1. The van der Waals surface area contributed by atoms with Crippen molar-refractivity contribution in [1.82, 2.24) is 9.21 Å². The quantitative estimate of drug-likeness (QED) is 0.518. The molecule has 0 unspecified atom stereocenters. The van der Waals surface area contributed by atoms with E-state index in [1.165, 1.54) is 22.5 Å². The minimum absolute atomic E-state index is 0.0741. The summed E-state index contributed by atoms with van der Waals surface area (Å²) in [5, 5.41) is 11.0. The second-order valence-corrected chi connectivity index (χ2v) is 12.6. The number of piperidine rings is 1. The number of nitro groups is 1. The highest BCUT2D eigenvalue weighted by molar-refractivity contribution is 7.89. The molecule has 170 valence electrons. The van der Waals surface area contributed by atoms with E-state index >= 15 is 0 Å². The lowest BCUT2D eigenvalue weighted by atomic mass is 9.65. The number of hydrogen-bond donors (Lipinski definition) is 0. The number of sulfonamides is 1. The van der Waals surface area contributed by atoms with Gasteiger partial charge in [-0.05, 0) is 49.0 Å². The Hall–Kier alpha value is -2.00. The number of benzene rings is 1. The maximum Gasteiger partial charge on any atom is 0.270 e. The molecule has 3 aliphatic rings. The van der Waals surface area contributed by atoms with Crippen LogP contribution in [-0.4, -0.2) is 54.1 Å². The van der Waals surface area contributed by atoms with Crippen LogP contribution in [0.1, 0.15) is 52.9 Å². The lowest BCUT2D eigenvalue weighted by Crippen LogP contribution is -2.46. The summed E-state index contributed by atoms with van der Waals surface area (Å²) < 4.78 is 27.3. The Labute approximate surface area is 183 Å². The molecule has 31 heavy (non-hydrogen) atoms. The van der Waals surface area contributed by atoms with Gasteiger partial charge >= 0.3 is 0 Å². The molecule has 0 spiro atoms. The lowest BCUT2D eigenvalue weighted by molar-refractivity contribution is -0.385. The fourth-order valence-electron chi connectivity index (χ4n) is 6.20. The largest absolute Gasteiger partial charge is 0.339 e. The summed E-state index contributed by atoms with van der Waals surface area (Å²) in [7, 11) is -3.82. The highest BCUT2D eigenvalue weighted by atomic mass is 32.2. The van der Waals surface area contributed by atoms with Crippen LogP contribution in [0, 0.1) is 26.9 Å². The van der Waals surface area contributed by atoms with Crippen molar-refractivity contribution in [3.05, 3.63) is 34.4 Å². The Morgan fingerprint density at radius 3 is 2.48 bits per heavy atom. The normalized spacial score (nSPS) is 29.1. The molecule has 1 aromatic rings. The second kappa shape index (κ2) is 7.55. The zero-order chi connectivity index (χ0) is 22.6. The molecule has 4 rings (SSSR count). The Morgan fingerprint density at radius 2 is 1.84 bits per heavy atom. The first kappa shape index (κ1) is 22.2. The molecule has 0 aromatic heterocycles. The number of fused-ring (bicyclic) bond motifs is 2. The van der Waals surface area contributed by atoms with E-state index in [0.29, 0.717) is 12.8 Å². The van der Waals surface area contributed by atoms with Gasteiger partial charge in [0.25, 0.3) is 5.69 Å².